The van der Waals surface area contributed by atoms with Crippen molar-refractivity contribution in [1.29, 1.82) is 0 Å². The predicted molar refractivity (Wildman–Crippen MR) is 65.3 cm³/mol. The fourth-order valence-electron chi connectivity index (χ4n) is 1.21. The highest BCUT2D eigenvalue weighted by Gasteiger charge is 2.21. The van der Waals surface area contributed by atoms with E-state index in [2.05, 4.69) is 60.4 Å². The van der Waals surface area contributed by atoms with Crippen molar-refractivity contribution < 1.29 is 0 Å². The SMILES string of the molecule is C=C(CC(C)(C)C)N[C@H](C)C(C)(C)C. The highest BCUT2D eigenvalue weighted by molar-refractivity contribution is 4.98. The van der Waals surface area contributed by atoms with Crippen LogP contribution in [0.5, 0.6) is 0 Å². The van der Waals surface area contributed by atoms with Crippen LogP contribution in [0.15, 0.2) is 12.3 Å². The Balaban J connectivity index is 4.09. The predicted octanol–water partition coefficient (Wildman–Crippen LogP) is 3.96. The van der Waals surface area contributed by atoms with Crippen molar-refractivity contribution in [1.82, 2.24) is 5.32 Å². The van der Waals surface area contributed by atoms with Gasteiger partial charge in [0.2, 0.25) is 0 Å². The summed E-state index contributed by atoms with van der Waals surface area (Å²) in [7, 11) is 0. The second-order valence-electron chi connectivity index (χ2n) is 6.57. The smallest absolute Gasteiger partial charge is 0.0278 e. The van der Waals surface area contributed by atoms with Gasteiger partial charge in [-0.05, 0) is 24.2 Å². The van der Waals surface area contributed by atoms with E-state index in [0.29, 0.717) is 16.9 Å². The third-order valence-corrected chi connectivity index (χ3v) is 2.46. The highest BCUT2D eigenvalue weighted by Crippen LogP contribution is 2.24. The van der Waals surface area contributed by atoms with Crippen molar-refractivity contribution in [2.24, 2.45) is 10.8 Å². The molecule has 14 heavy (non-hydrogen) atoms. The molecule has 0 radical (unpaired) electrons. The van der Waals surface area contributed by atoms with Crippen LogP contribution in [0.3, 0.4) is 0 Å². The van der Waals surface area contributed by atoms with E-state index < -0.39 is 0 Å². The fraction of sp³-hybridized carbons (Fsp3) is 0.846. The Morgan fingerprint density at radius 3 is 1.86 bits per heavy atom. The summed E-state index contributed by atoms with van der Waals surface area (Å²) in [6, 6.07) is 0.470. The van der Waals surface area contributed by atoms with Crippen LogP contribution in [-0.2, 0) is 0 Å². The van der Waals surface area contributed by atoms with Crippen molar-refractivity contribution in [2.75, 3.05) is 0 Å². The third-order valence-electron chi connectivity index (χ3n) is 2.46. The first kappa shape index (κ1) is 13.5. The Hall–Kier alpha value is -0.460. The van der Waals surface area contributed by atoms with E-state index in [9.17, 15) is 0 Å². The number of hydrogen-bond donors (Lipinski definition) is 1. The zero-order chi connectivity index (χ0) is 11.6. The topological polar surface area (TPSA) is 12.0 Å². The van der Waals surface area contributed by atoms with Crippen LogP contribution in [0.4, 0.5) is 0 Å². The Kier molecular flexibility index (Phi) is 4.23. The largest absolute Gasteiger partial charge is 0.386 e. The summed E-state index contributed by atoms with van der Waals surface area (Å²) in [5.74, 6) is 0. The Labute approximate surface area is 90.0 Å². The Bertz CT molecular complexity index is 190. The highest BCUT2D eigenvalue weighted by atomic mass is 14.9. The first-order valence-corrected chi connectivity index (χ1v) is 5.47. The van der Waals surface area contributed by atoms with Gasteiger partial charge >= 0.3 is 0 Å². The summed E-state index contributed by atoms with van der Waals surface area (Å²) in [5, 5.41) is 3.48. The second kappa shape index (κ2) is 4.37. The minimum atomic E-state index is 0.292. The molecule has 0 saturated carbocycles. The Morgan fingerprint density at radius 2 is 1.57 bits per heavy atom. The monoisotopic (exact) mass is 197 g/mol. The van der Waals surface area contributed by atoms with Gasteiger partial charge in [-0.25, -0.2) is 0 Å². The molecule has 0 aliphatic heterocycles. The molecule has 0 spiro atoms. The second-order valence-corrected chi connectivity index (χ2v) is 6.57. The van der Waals surface area contributed by atoms with E-state index in [4.69, 9.17) is 0 Å². The van der Waals surface area contributed by atoms with Crippen LogP contribution in [0.1, 0.15) is 54.9 Å². The van der Waals surface area contributed by atoms with Crippen LogP contribution < -0.4 is 5.32 Å². The van der Waals surface area contributed by atoms with Crippen LogP contribution in [-0.4, -0.2) is 6.04 Å². The molecule has 0 aromatic rings. The van der Waals surface area contributed by atoms with Gasteiger partial charge in [0.1, 0.15) is 0 Å². The molecule has 0 bridgehead atoms. The summed E-state index contributed by atoms with van der Waals surface area (Å²) < 4.78 is 0. The molecule has 0 aliphatic carbocycles. The average molecular weight is 197 g/mol. The average Bonchev–Trinajstić information content (AvgIpc) is 1.79. The molecule has 0 saturated heterocycles. The minimum absolute atomic E-state index is 0.292. The molecule has 0 rings (SSSR count). The van der Waals surface area contributed by atoms with Gasteiger partial charge in [0.05, 0.1) is 0 Å². The van der Waals surface area contributed by atoms with Gasteiger partial charge in [0.15, 0.2) is 0 Å². The molecule has 0 aromatic heterocycles. The molecule has 1 N–H and O–H groups in total. The lowest BCUT2D eigenvalue weighted by Gasteiger charge is -2.31. The van der Waals surface area contributed by atoms with Gasteiger partial charge in [-0.3, -0.25) is 0 Å². The maximum atomic E-state index is 4.08. The van der Waals surface area contributed by atoms with Crippen molar-refractivity contribution in [3.8, 4) is 0 Å². The van der Waals surface area contributed by atoms with Crippen LogP contribution in [0, 0.1) is 10.8 Å². The zero-order valence-corrected chi connectivity index (χ0v) is 11.0. The van der Waals surface area contributed by atoms with Gasteiger partial charge in [-0.2, -0.15) is 0 Å². The van der Waals surface area contributed by atoms with Gasteiger partial charge in [0, 0.05) is 11.7 Å². The molecule has 0 aromatic carbocycles. The number of rotatable bonds is 3. The summed E-state index contributed by atoms with van der Waals surface area (Å²) >= 11 is 0. The van der Waals surface area contributed by atoms with E-state index in [1.54, 1.807) is 0 Å². The summed E-state index contributed by atoms with van der Waals surface area (Å²) in [6.45, 7) is 19.7. The van der Waals surface area contributed by atoms with Crippen LogP contribution in [0.25, 0.3) is 0 Å². The van der Waals surface area contributed by atoms with Gasteiger partial charge in [0.25, 0.3) is 0 Å². The molecule has 0 unspecified atom stereocenters. The number of allylic oxidation sites excluding steroid dienone is 1. The summed E-state index contributed by atoms with van der Waals surface area (Å²) in [5.41, 5.74) is 1.77. The van der Waals surface area contributed by atoms with E-state index in [-0.39, 0.29) is 0 Å². The van der Waals surface area contributed by atoms with Crippen molar-refractivity contribution >= 4 is 0 Å². The lowest BCUT2D eigenvalue weighted by molar-refractivity contribution is 0.291. The third kappa shape index (κ3) is 6.06. The number of nitrogens with one attached hydrogen (secondary N) is 1. The Morgan fingerprint density at radius 1 is 1.14 bits per heavy atom. The molecule has 1 heteroatoms. The van der Waals surface area contributed by atoms with Crippen molar-refractivity contribution in [3.05, 3.63) is 12.3 Å². The maximum absolute atomic E-state index is 4.08. The van der Waals surface area contributed by atoms with E-state index in [1.807, 2.05) is 0 Å². The quantitative estimate of drug-likeness (QED) is 0.722. The van der Waals surface area contributed by atoms with Gasteiger partial charge in [-0.15, -0.1) is 0 Å². The van der Waals surface area contributed by atoms with E-state index in [1.165, 1.54) is 0 Å². The normalized spacial score (nSPS) is 15.1. The molecule has 1 atom stereocenters. The lowest BCUT2D eigenvalue weighted by Crippen LogP contribution is -2.37. The van der Waals surface area contributed by atoms with Gasteiger partial charge in [-0.1, -0.05) is 48.1 Å². The van der Waals surface area contributed by atoms with E-state index in [0.717, 1.165) is 12.1 Å². The van der Waals surface area contributed by atoms with Crippen LogP contribution >= 0.6 is 0 Å². The first-order valence-electron chi connectivity index (χ1n) is 5.47. The molecule has 0 heterocycles. The van der Waals surface area contributed by atoms with E-state index >= 15 is 0 Å². The lowest BCUT2D eigenvalue weighted by atomic mass is 9.86. The zero-order valence-electron chi connectivity index (χ0n) is 11.0. The number of hydrogen-bond acceptors (Lipinski definition) is 1. The van der Waals surface area contributed by atoms with Crippen molar-refractivity contribution in [2.45, 2.75) is 60.9 Å². The molecule has 84 valence electrons. The maximum Gasteiger partial charge on any atom is 0.0278 e. The van der Waals surface area contributed by atoms with Gasteiger partial charge < -0.3 is 5.32 Å². The fourth-order valence-corrected chi connectivity index (χ4v) is 1.21. The molecule has 0 amide bonds. The minimum Gasteiger partial charge on any atom is -0.386 e. The van der Waals surface area contributed by atoms with Crippen LogP contribution in [0.2, 0.25) is 0 Å². The summed E-state index contributed by atoms with van der Waals surface area (Å²) in [4.78, 5) is 0. The molecule has 0 aliphatic rings. The first-order chi connectivity index (χ1) is 6.02. The molecule has 1 nitrogen and oxygen atoms in total. The molecular weight excluding hydrogens is 170 g/mol. The summed E-state index contributed by atoms with van der Waals surface area (Å²) in [6.07, 6.45) is 1.04. The molecule has 0 fully saturated rings. The molecular formula is C13H27N. The standard InChI is InChI=1S/C13H27N/c1-10(9-12(3,4)5)14-11(2)13(6,7)8/h11,14H,1,9H2,2-8H3/t11-/m1/s1. The van der Waals surface area contributed by atoms with Crippen molar-refractivity contribution in [3.63, 3.8) is 0 Å².